The molecule has 2 aromatic carbocycles. The first-order valence-corrected chi connectivity index (χ1v) is 11.4. The Kier molecular flexibility index (Phi) is 5.97. The third kappa shape index (κ3) is 4.69. The molecule has 0 N–H and O–H groups in total. The third-order valence-corrected chi connectivity index (χ3v) is 6.36. The number of fused-ring (bicyclic) bond motifs is 1. The second-order valence-corrected chi connectivity index (χ2v) is 8.81. The van der Waals surface area contributed by atoms with E-state index in [9.17, 15) is 4.39 Å². The van der Waals surface area contributed by atoms with Crippen molar-refractivity contribution in [2.45, 2.75) is 25.9 Å². The van der Waals surface area contributed by atoms with Crippen molar-refractivity contribution in [3.8, 4) is 0 Å². The number of allylic oxidation sites excluding steroid dienone is 2. The van der Waals surface area contributed by atoms with Crippen LogP contribution >= 0.6 is 11.6 Å². The average molecular weight is 459 g/mol. The number of nitrogens with zero attached hydrogens (tertiary/aromatic N) is 4. The van der Waals surface area contributed by atoms with Crippen LogP contribution in [0.25, 0.3) is 16.6 Å². The van der Waals surface area contributed by atoms with E-state index in [1.54, 1.807) is 18.5 Å². The summed E-state index contributed by atoms with van der Waals surface area (Å²) in [4.78, 5) is 10.9. The summed E-state index contributed by atoms with van der Waals surface area (Å²) in [7, 11) is 0. The number of hydrogen-bond donors (Lipinski definition) is 0. The Hall–Kier alpha value is -3.44. The predicted molar refractivity (Wildman–Crippen MR) is 131 cm³/mol. The van der Waals surface area contributed by atoms with Crippen LogP contribution in [-0.4, -0.2) is 32.0 Å². The average Bonchev–Trinajstić information content (AvgIpc) is 3.21. The van der Waals surface area contributed by atoms with Crippen molar-refractivity contribution < 1.29 is 4.39 Å². The Morgan fingerprint density at radius 3 is 2.70 bits per heavy atom. The van der Waals surface area contributed by atoms with Crippen molar-refractivity contribution in [2.24, 2.45) is 0 Å². The van der Waals surface area contributed by atoms with Gasteiger partial charge in [0.05, 0.1) is 22.4 Å². The molecule has 1 atom stereocenters. The van der Waals surface area contributed by atoms with E-state index in [1.807, 2.05) is 35.3 Å². The van der Waals surface area contributed by atoms with Gasteiger partial charge in [-0.1, -0.05) is 35.9 Å². The molecule has 0 saturated carbocycles. The van der Waals surface area contributed by atoms with Crippen LogP contribution in [0.15, 0.2) is 90.6 Å². The second-order valence-electron chi connectivity index (χ2n) is 8.41. The summed E-state index contributed by atoms with van der Waals surface area (Å²) in [5.41, 5.74) is 6.12. The van der Waals surface area contributed by atoms with Crippen molar-refractivity contribution in [3.05, 3.63) is 113 Å². The highest BCUT2D eigenvalue weighted by atomic mass is 35.5. The van der Waals surface area contributed by atoms with E-state index in [4.69, 9.17) is 11.6 Å². The largest absolute Gasteiger partial charge is 0.369 e. The molecular weight excluding hydrogens is 435 g/mol. The summed E-state index contributed by atoms with van der Waals surface area (Å²) in [5, 5.41) is 0.721. The fraction of sp³-hybridized carbons (Fsp3) is 0.185. The summed E-state index contributed by atoms with van der Waals surface area (Å²) in [5.74, 6) is -0.232. The highest BCUT2D eigenvalue weighted by Gasteiger charge is 2.18. The Morgan fingerprint density at radius 1 is 1.06 bits per heavy atom. The molecule has 0 fully saturated rings. The lowest BCUT2D eigenvalue weighted by atomic mass is 10.0. The molecule has 2 aromatic heterocycles. The number of pyridine rings is 1. The maximum absolute atomic E-state index is 13.6. The fourth-order valence-electron chi connectivity index (χ4n) is 4.28. The van der Waals surface area contributed by atoms with Crippen LogP contribution < -0.4 is 0 Å². The molecule has 0 spiro atoms. The summed E-state index contributed by atoms with van der Waals surface area (Å²) in [6.07, 6.45) is 10.6. The van der Waals surface area contributed by atoms with E-state index in [0.717, 1.165) is 45.7 Å². The Balaban J connectivity index is 1.36. The van der Waals surface area contributed by atoms with Crippen LogP contribution in [0.1, 0.15) is 23.6 Å². The van der Waals surface area contributed by atoms with Crippen LogP contribution in [0.3, 0.4) is 0 Å². The Morgan fingerprint density at radius 2 is 1.91 bits per heavy atom. The molecule has 0 amide bonds. The van der Waals surface area contributed by atoms with Crippen molar-refractivity contribution in [2.75, 3.05) is 6.54 Å². The molecule has 0 aliphatic carbocycles. The maximum Gasteiger partial charge on any atom is 0.123 e. The molecule has 33 heavy (non-hydrogen) atoms. The Labute approximate surface area is 197 Å². The zero-order chi connectivity index (χ0) is 22.8. The highest BCUT2D eigenvalue weighted by Crippen LogP contribution is 2.32. The van der Waals surface area contributed by atoms with E-state index in [1.165, 1.54) is 11.6 Å². The van der Waals surface area contributed by atoms with Crippen LogP contribution in [-0.2, 0) is 13.0 Å². The third-order valence-electron chi connectivity index (χ3n) is 6.06. The van der Waals surface area contributed by atoms with Gasteiger partial charge in [-0.05, 0) is 72.0 Å². The summed E-state index contributed by atoms with van der Waals surface area (Å²) in [6.45, 7) is 3.55. The monoisotopic (exact) mass is 458 g/mol. The van der Waals surface area contributed by atoms with Crippen molar-refractivity contribution >= 4 is 28.2 Å². The van der Waals surface area contributed by atoms with Gasteiger partial charge >= 0.3 is 0 Å². The molecule has 1 aliphatic heterocycles. The lowest BCUT2D eigenvalue weighted by Crippen LogP contribution is -2.32. The molecule has 1 unspecified atom stereocenters. The van der Waals surface area contributed by atoms with Gasteiger partial charge in [0.15, 0.2) is 0 Å². The van der Waals surface area contributed by atoms with E-state index < -0.39 is 0 Å². The van der Waals surface area contributed by atoms with E-state index in [2.05, 4.69) is 52.1 Å². The van der Waals surface area contributed by atoms with Gasteiger partial charge in [0.25, 0.3) is 0 Å². The zero-order valence-electron chi connectivity index (χ0n) is 18.3. The SMILES string of the molecule is CC(Cc1ccncc1)N1C=C(Cl)C(c2ccc3ncn(Cc4cccc(F)c4)c3c2)=CC1. The number of imidazole rings is 1. The molecule has 4 nitrogen and oxygen atoms in total. The lowest BCUT2D eigenvalue weighted by Gasteiger charge is -2.30. The minimum absolute atomic E-state index is 0.232. The first kappa shape index (κ1) is 21.4. The number of aromatic nitrogens is 3. The molecule has 0 radical (unpaired) electrons. The normalized spacial score (nSPS) is 14.8. The fourth-order valence-corrected chi connectivity index (χ4v) is 4.60. The number of benzene rings is 2. The topological polar surface area (TPSA) is 34.0 Å². The van der Waals surface area contributed by atoms with E-state index >= 15 is 0 Å². The molecule has 0 saturated heterocycles. The maximum atomic E-state index is 13.6. The van der Waals surface area contributed by atoms with Crippen LogP contribution in [0.5, 0.6) is 0 Å². The summed E-state index contributed by atoms with van der Waals surface area (Å²) < 4.78 is 15.6. The predicted octanol–water partition coefficient (Wildman–Crippen LogP) is 6.03. The minimum Gasteiger partial charge on any atom is -0.369 e. The Bertz CT molecular complexity index is 1340. The molecular formula is C27H24ClFN4. The van der Waals surface area contributed by atoms with Gasteiger partial charge in [0, 0.05) is 37.7 Å². The van der Waals surface area contributed by atoms with Gasteiger partial charge in [-0.15, -0.1) is 0 Å². The van der Waals surface area contributed by atoms with Crippen LogP contribution in [0.4, 0.5) is 4.39 Å². The summed E-state index contributed by atoms with van der Waals surface area (Å²) in [6, 6.07) is 17.3. The van der Waals surface area contributed by atoms with Crippen molar-refractivity contribution in [1.82, 2.24) is 19.4 Å². The standard InChI is InChI=1S/C27H24ClFN4/c1-19(13-20-7-10-30-11-8-20)32-12-9-24(25(28)17-32)22-5-6-26-27(15-22)33(18-31-26)16-21-3-2-4-23(29)14-21/h2-11,14-15,17-19H,12-13,16H2,1H3. The van der Waals surface area contributed by atoms with Gasteiger partial charge in [-0.25, -0.2) is 9.37 Å². The quantitative estimate of drug-likeness (QED) is 0.354. The van der Waals surface area contributed by atoms with Gasteiger partial charge in [-0.2, -0.15) is 0 Å². The zero-order valence-corrected chi connectivity index (χ0v) is 19.1. The van der Waals surface area contributed by atoms with Crippen molar-refractivity contribution in [3.63, 3.8) is 0 Å². The molecule has 0 bridgehead atoms. The van der Waals surface area contributed by atoms with E-state index in [0.29, 0.717) is 12.6 Å². The molecule has 1 aliphatic rings. The molecule has 6 heteroatoms. The number of halogens is 2. The molecule has 166 valence electrons. The lowest BCUT2D eigenvalue weighted by molar-refractivity contribution is 0.317. The van der Waals surface area contributed by atoms with Gasteiger partial charge in [0.1, 0.15) is 5.82 Å². The van der Waals surface area contributed by atoms with Crippen molar-refractivity contribution in [1.29, 1.82) is 0 Å². The molecule has 5 rings (SSSR count). The van der Waals surface area contributed by atoms with Crippen LogP contribution in [0.2, 0.25) is 0 Å². The molecule has 3 heterocycles. The van der Waals surface area contributed by atoms with Gasteiger partial charge < -0.3 is 9.47 Å². The van der Waals surface area contributed by atoms with Gasteiger partial charge in [0.2, 0.25) is 0 Å². The van der Waals surface area contributed by atoms with Crippen LogP contribution in [0, 0.1) is 5.82 Å². The highest BCUT2D eigenvalue weighted by molar-refractivity contribution is 6.37. The number of hydrogen-bond acceptors (Lipinski definition) is 3. The first-order valence-electron chi connectivity index (χ1n) is 11.0. The number of rotatable bonds is 6. The second kappa shape index (κ2) is 9.20. The van der Waals surface area contributed by atoms with Gasteiger partial charge in [-0.3, -0.25) is 4.98 Å². The molecule has 4 aromatic rings. The summed E-state index contributed by atoms with van der Waals surface area (Å²) >= 11 is 6.75. The first-order chi connectivity index (χ1) is 16.1. The minimum atomic E-state index is -0.232. The smallest absolute Gasteiger partial charge is 0.123 e. The van der Waals surface area contributed by atoms with E-state index in [-0.39, 0.29) is 5.82 Å².